The van der Waals surface area contributed by atoms with Crippen molar-refractivity contribution in [2.45, 2.75) is 50.7 Å². The molecule has 1 aromatic rings. The fourth-order valence-corrected chi connectivity index (χ4v) is 1.78. The molecule has 86 valence electrons. The Morgan fingerprint density at radius 2 is 2.44 bits per heavy atom. The van der Waals surface area contributed by atoms with Gasteiger partial charge in [-0.05, 0) is 32.6 Å². The van der Waals surface area contributed by atoms with Gasteiger partial charge in [-0.15, -0.1) is 0 Å². The third kappa shape index (κ3) is 3.04. The molecule has 0 amide bonds. The van der Waals surface area contributed by atoms with E-state index in [2.05, 4.69) is 21.5 Å². The minimum absolute atomic E-state index is 0.387. The van der Waals surface area contributed by atoms with Gasteiger partial charge in [-0.1, -0.05) is 0 Å². The number of rotatable bonds is 6. The second kappa shape index (κ2) is 4.62. The maximum Gasteiger partial charge on any atom is 0.137 e. The summed E-state index contributed by atoms with van der Waals surface area (Å²) < 4.78 is 1.80. The van der Waals surface area contributed by atoms with Crippen LogP contribution in [-0.2, 0) is 6.54 Å². The first-order chi connectivity index (χ1) is 7.72. The summed E-state index contributed by atoms with van der Waals surface area (Å²) in [5, 5.41) is 16.6. The number of hydrogen-bond acceptors (Lipinski definition) is 4. The Morgan fingerprint density at radius 3 is 3.00 bits per heavy atom. The van der Waals surface area contributed by atoms with E-state index in [-0.39, 0.29) is 5.54 Å². The summed E-state index contributed by atoms with van der Waals surface area (Å²) in [6, 6.07) is 2.94. The zero-order valence-corrected chi connectivity index (χ0v) is 9.56. The molecule has 0 aromatic carbocycles. The maximum absolute atomic E-state index is 9.17. The smallest absolute Gasteiger partial charge is 0.137 e. The molecule has 16 heavy (non-hydrogen) atoms. The molecule has 1 saturated carbocycles. The maximum atomic E-state index is 9.17. The molecule has 5 heteroatoms. The number of nitriles is 1. The summed E-state index contributed by atoms with van der Waals surface area (Å²) in [6.07, 6.45) is 7.44. The van der Waals surface area contributed by atoms with Crippen LogP contribution >= 0.6 is 0 Å². The zero-order chi connectivity index (χ0) is 11.4. The number of hydrogen-bond donors (Lipinski definition) is 1. The van der Waals surface area contributed by atoms with Gasteiger partial charge in [-0.2, -0.15) is 10.4 Å². The lowest BCUT2D eigenvalue weighted by atomic mass is 9.97. The monoisotopic (exact) mass is 219 g/mol. The molecule has 5 nitrogen and oxygen atoms in total. The molecular formula is C11H17N5. The lowest BCUT2D eigenvalue weighted by Crippen LogP contribution is -2.42. The van der Waals surface area contributed by atoms with Crippen molar-refractivity contribution in [2.75, 3.05) is 0 Å². The summed E-state index contributed by atoms with van der Waals surface area (Å²) >= 11 is 0. The van der Waals surface area contributed by atoms with Gasteiger partial charge in [0.1, 0.15) is 18.2 Å². The van der Waals surface area contributed by atoms with E-state index in [1.165, 1.54) is 19.2 Å². The van der Waals surface area contributed by atoms with Crippen LogP contribution in [0, 0.1) is 11.3 Å². The lowest BCUT2D eigenvalue weighted by molar-refractivity contribution is 0.386. The van der Waals surface area contributed by atoms with Gasteiger partial charge in [0.25, 0.3) is 0 Å². The second-order valence-corrected chi connectivity index (χ2v) is 4.62. The van der Waals surface area contributed by atoms with Crippen molar-refractivity contribution in [3.05, 3.63) is 12.7 Å². The normalized spacial score (nSPS) is 19.0. The van der Waals surface area contributed by atoms with Crippen molar-refractivity contribution < 1.29 is 0 Å². The van der Waals surface area contributed by atoms with E-state index in [0.717, 1.165) is 19.4 Å². The Labute approximate surface area is 95.5 Å². The summed E-state index contributed by atoms with van der Waals surface area (Å²) in [4.78, 5) is 3.89. The predicted octanol–water partition coefficient (Wildman–Crippen LogP) is 1.09. The molecule has 0 spiro atoms. The minimum Gasteiger partial charge on any atom is -0.297 e. The van der Waals surface area contributed by atoms with E-state index in [9.17, 15) is 5.26 Å². The molecular weight excluding hydrogens is 202 g/mol. The van der Waals surface area contributed by atoms with Crippen LogP contribution in [0.25, 0.3) is 0 Å². The van der Waals surface area contributed by atoms with Crippen LogP contribution in [0.4, 0.5) is 0 Å². The largest absolute Gasteiger partial charge is 0.297 e. The molecule has 1 aliphatic carbocycles. The van der Waals surface area contributed by atoms with Crippen LogP contribution < -0.4 is 5.32 Å². The van der Waals surface area contributed by atoms with Crippen molar-refractivity contribution in [1.82, 2.24) is 20.1 Å². The summed E-state index contributed by atoms with van der Waals surface area (Å²) in [5.74, 6) is 0. The van der Waals surface area contributed by atoms with E-state index >= 15 is 0 Å². The van der Waals surface area contributed by atoms with E-state index in [1.54, 1.807) is 11.0 Å². The van der Waals surface area contributed by atoms with Crippen molar-refractivity contribution in [2.24, 2.45) is 0 Å². The average Bonchev–Trinajstić information content (AvgIpc) is 2.92. The fraction of sp³-hybridized carbons (Fsp3) is 0.727. The van der Waals surface area contributed by atoms with E-state index in [4.69, 9.17) is 0 Å². The highest BCUT2D eigenvalue weighted by Gasteiger charge is 2.31. The Kier molecular flexibility index (Phi) is 3.20. The van der Waals surface area contributed by atoms with Gasteiger partial charge in [0.05, 0.1) is 6.07 Å². The molecule has 1 heterocycles. The van der Waals surface area contributed by atoms with Gasteiger partial charge in [0, 0.05) is 12.6 Å². The van der Waals surface area contributed by atoms with Crippen molar-refractivity contribution in [3.8, 4) is 6.07 Å². The van der Waals surface area contributed by atoms with E-state index in [0.29, 0.717) is 6.04 Å². The molecule has 0 radical (unpaired) electrons. The first-order valence-electron chi connectivity index (χ1n) is 5.73. The highest BCUT2D eigenvalue weighted by Crippen LogP contribution is 2.24. The summed E-state index contributed by atoms with van der Waals surface area (Å²) in [6.45, 7) is 2.80. The number of nitrogens with zero attached hydrogens (tertiary/aromatic N) is 4. The SMILES string of the molecule is CC(C#N)(CCCn1cncn1)NC1CC1. The molecule has 0 bridgehead atoms. The van der Waals surface area contributed by atoms with Crippen LogP contribution in [0.15, 0.2) is 12.7 Å². The number of aryl methyl sites for hydroxylation is 1. The highest BCUT2D eigenvalue weighted by atomic mass is 15.3. The van der Waals surface area contributed by atoms with Crippen LogP contribution in [0.5, 0.6) is 0 Å². The minimum atomic E-state index is -0.387. The van der Waals surface area contributed by atoms with Gasteiger partial charge in [0.15, 0.2) is 0 Å². The zero-order valence-electron chi connectivity index (χ0n) is 9.56. The number of aromatic nitrogens is 3. The van der Waals surface area contributed by atoms with E-state index < -0.39 is 0 Å². The summed E-state index contributed by atoms with van der Waals surface area (Å²) in [5.41, 5.74) is -0.387. The Bertz CT molecular complexity index is 362. The fourth-order valence-electron chi connectivity index (χ4n) is 1.78. The molecule has 1 N–H and O–H groups in total. The van der Waals surface area contributed by atoms with Gasteiger partial charge in [-0.25, -0.2) is 4.98 Å². The van der Waals surface area contributed by atoms with Gasteiger partial charge in [0.2, 0.25) is 0 Å². The van der Waals surface area contributed by atoms with Crippen LogP contribution in [0.1, 0.15) is 32.6 Å². The van der Waals surface area contributed by atoms with E-state index in [1.807, 2.05) is 6.92 Å². The molecule has 1 aromatic heterocycles. The summed E-state index contributed by atoms with van der Waals surface area (Å²) in [7, 11) is 0. The first kappa shape index (κ1) is 11.1. The Hall–Kier alpha value is -1.41. The molecule has 1 fully saturated rings. The number of nitrogens with one attached hydrogen (secondary N) is 1. The van der Waals surface area contributed by atoms with Crippen LogP contribution in [-0.4, -0.2) is 26.3 Å². The molecule has 1 unspecified atom stereocenters. The first-order valence-corrected chi connectivity index (χ1v) is 5.73. The standard InChI is InChI=1S/C11H17N5/c1-11(7-12,15-10-3-4-10)5-2-6-16-9-13-8-14-16/h8-10,15H,2-6H2,1H3. The lowest BCUT2D eigenvalue weighted by Gasteiger charge is -2.23. The topological polar surface area (TPSA) is 66.5 Å². The second-order valence-electron chi connectivity index (χ2n) is 4.62. The van der Waals surface area contributed by atoms with Gasteiger partial charge in [-0.3, -0.25) is 10.00 Å². The predicted molar refractivity (Wildman–Crippen MR) is 59.4 cm³/mol. The highest BCUT2D eigenvalue weighted by molar-refractivity contribution is 5.06. The van der Waals surface area contributed by atoms with Crippen LogP contribution in [0.3, 0.4) is 0 Å². The Balaban J connectivity index is 1.76. The van der Waals surface area contributed by atoms with Gasteiger partial charge < -0.3 is 0 Å². The third-order valence-corrected chi connectivity index (χ3v) is 2.88. The molecule has 1 aliphatic rings. The quantitative estimate of drug-likeness (QED) is 0.777. The Morgan fingerprint density at radius 1 is 1.62 bits per heavy atom. The third-order valence-electron chi connectivity index (χ3n) is 2.88. The molecule has 1 atom stereocenters. The van der Waals surface area contributed by atoms with Crippen LogP contribution in [0.2, 0.25) is 0 Å². The molecule has 0 saturated heterocycles. The van der Waals surface area contributed by atoms with Crippen molar-refractivity contribution >= 4 is 0 Å². The van der Waals surface area contributed by atoms with Crippen molar-refractivity contribution in [1.29, 1.82) is 5.26 Å². The average molecular weight is 219 g/mol. The molecule has 0 aliphatic heterocycles. The van der Waals surface area contributed by atoms with Crippen molar-refractivity contribution in [3.63, 3.8) is 0 Å². The van der Waals surface area contributed by atoms with Gasteiger partial charge >= 0.3 is 0 Å². The molecule has 2 rings (SSSR count).